The lowest BCUT2D eigenvalue weighted by Crippen LogP contribution is -2.19. The molecule has 0 fully saturated rings. The Balaban J connectivity index is 1.84. The van der Waals surface area contributed by atoms with Gasteiger partial charge in [0.05, 0.1) is 6.61 Å². The smallest absolute Gasteiger partial charge is 0.119 e. The second kappa shape index (κ2) is 8.08. The molecule has 0 amide bonds. The number of benzene rings is 1. The first-order chi connectivity index (χ1) is 9.83. The quantitative estimate of drug-likeness (QED) is 0.776. The average molecular weight is 289 g/mol. The molecule has 1 aromatic carbocycles. The summed E-state index contributed by atoms with van der Waals surface area (Å²) in [5.74, 6) is 0.955. The van der Waals surface area contributed by atoms with Gasteiger partial charge in [0, 0.05) is 17.3 Å². The number of nitrogens with one attached hydrogen (secondary N) is 1. The molecule has 2 rings (SSSR count). The first kappa shape index (κ1) is 15.1. The van der Waals surface area contributed by atoms with Crippen LogP contribution in [0.2, 0.25) is 0 Å². The lowest BCUT2D eigenvalue weighted by molar-refractivity contribution is 0.323. The number of hydrogen-bond acceptors (Lipinski definition) is 3. The van der Waals surface area contributed by atoms with E-state index in [2.05, 4.69) is 60.9 Å². The van der Waals surface area contributed by atoms with E-state index in [9.17, 15) is 0 Å². The number of thiophene rings is 1. The molecule has 108 valence electrons. The summed E-state index contributed by atoms with van der Waals surface area (Å²) in [5.41, 5.74) is 1.33. The average Bonchev–Trinajstić information content (AvgIpc) is 2.99. The summed E-state index contributed by atoms with van der Waals surface area (Å²) in [6, 6.07) is 13.2. The Kier molecular flexibility index (Phi) is 6.09. The second-order valence-corrected chi connectivity index (χ2v) is 5.80. The van der Waals surface area contributed by atoms with E-state index >= 15 is 0 Å². The van der Waals surface area contributed by atoms with Crippen molar-refractivity contribution in [1.29, 1.82) is 0 Å². The molecule has 0 aliphatic heterocycles. The molecule has 1 heterocycles. The van der Waals surface area contributed by atoms with Gasteiger partial charge >= 0.3 is 0 Å². The normalized spacial score (nSPS) is 12.3. The molecule has 2 nitrogen and oxygen atoms in total. The summed E-state index contributed by atoms with van der Waals surface area (Å²) in [6.45, 7) is 6.09. The molecule has 0 radical (unpaired) electrons. The van der Waals surface area contributed by atoms with Crippen molar-refractivity contribution in [3.05, 3.63) is 52.2 Å². The van der Waals surface area contributed by atoms with Crippen LogP contribution < -0.4 is 10.1 Å². The van der Waals surface area contributed by atoms with Crippen molar-refractivity contribution in [3.8, 4) is 5.75 Å². The Hall–Kier alpha value is -1.32. The SMILES string of the molecule is CCNC(CC)c1ccc(OCCc2cccs2)cc1. The van der Waals surface area contributed by atoms with Crippen molar-refractivity contribution in [2.75, 3.05) is 13.2 Å². The summed E-state index contributed by atoms with van der Waals surface area (Å²) in [5, 5.41) is 5.60. The Morgan fingerprint density at radius 3 is 2.55 bits per heavy atom. The van der Waals surface area contributed by atoms with Gasteiger partial charge in [0.1, 0.15) is 5.75 Å². The topological polar surface area (TPSA) is 21.3 Å². The van der Waals surface area contributed by atoms with Crippen LogP contribution >= 0.6 is 11.3 Å². The minimum absolute atomic E-state index is 0.445. The van der Waals surface area contributed by atoms with Crippen LogP contribution in [0.4, 0.5) is 0 Å². The van der Waals surface area contributed by atoms with Crippen LogP contribution in [-0.2, 0) is 6.42 Å². The second-order valence-electron chi connectivity index (χ2n) is 4.77. The van der Waals surface area contributed by atoms with Gasteiger partial charge < -0.3 is 10.1 Å². The van der Waals surface area contributed by atoms with Crippen molar-refractivity contribution in [2.24, 2.45) is 0 Å². The highest BCUT2D eigenvalue weighted by Gasteiger charge is 2.07. The number of rotatable bonds is 8. The number of hydrogen-bond donors (Lipinski definition) is 1. The summed E-state index contributed by atoms with van der Waals surface area (Å²) >= 11 is 1.78. The minimum atomic E-state index is 0.445. The highest BCUT2D eigenvalue weighted by Crippen LogP contribution is 2.20. The van der Waals surface area contributed by atoms with Gasteiger partial charge in [-0.05, 0) is 42.1 Å². The van der Waals surface area contributed by atoms with Gasteiger partial charge in [-0.15, -0.1) is 11.3 Å². The lowest BCUT2D eigenvalue weighted by Gasteiger charge is -2.16. The predicted octanol–water partition coefficient (Wildman–Crippen LogP) is 4.43. The van der Waals surface area contributed by atoms with Crippen molar-refractivity contribution < 1.29 is 4.74 Å². The Labute approximate surface area is 125 Å². The van der Waals surface area contributed by atoms with Gasteiger partial charge in [0.2, 0.25) is 0 Å². The molecule has 3 heteroatoms. The number of ether oxygens (including phenoxy) is 1. The molecule has 20 heavy (non-hydrogen) atoms. The van der Waals surface area contributed by atoms with E-state index in [-0.39, 0.29) is 0 Å². The molecule has 2 aromatic rings. The monoisotopic (exact) mass is 289 g/mol. The van der Waals surface area contributed by atoms with Crippen LogP contribution in [0.25, 0.3) is 0 Å². The fourth-order valence-corrected chi connectivity index (χ4v) is 2.96. The fraction of sp³-hybridized carbons (Fsp3) is 0.412. The molecule has 0 aliphatic rings. The van der Waals surface area contributed by atoms with E-state index in [0.29, 0.717) is 6.04 Å². The van der Waals surface area contributed by atoms with Gasteiger partial charge in [-0.1, -0.05) is 32.0 Å². The van der Waals surface area contributed by atoms with Crippen molar-refractivity contribution in [1.82, 2.24) is 5.32 Å². The molecule has 1 atom stereocenters. The van der Waals surface area contributed by atoms with E-state index in [4.69, 9.17) is 4.74 Å². The standard InChI is InChI=1S/C17H23NOS/c1-3-17(18-4-2)14-7-9-15(10-8-14)19-12-11-16-6-5-13-20-16/h5-10,13,17-18H,3-4,11-12H2,1-2H3. The van der Waals surface area contributed by atoms with Gasteiger partial charge in [0.15, 0.2) is 0 Å². The van der Waals surface area contributed by atoms with Gasteiger partial charge in [-0.3, -0.25) is 0 Å². The van der Waals surface area contributed by atoms with Crippen molar-refractivity contribution >= 4 is 11.3 Å². The summed E-state index contributed by atoms with van der Waals surface area (Å²) in [7, 11) is 0. The maximum atomic E-state index is 5.79. The molecule has 0 saturated carbocycles. The molecule has 0 saturated heterocycles. The zero-order chi connectivity index (χ0) is 14.2. The fourth-order valence-electron chi connectivity index (χ4n) is 2.26. The van der Waals surface area contributed by atoms with Crippen LogP contribution in [0.15, 0.2) is 41.8 Å². The van der Waals surface area contributed by atoms with Crippen LogP contribution in [0.3, 0.4) is 0 Å². The van der Waals surface area contributed by atoms with Gasteiger partial charge in [-0.25, -0.2) is 0 Å². The largest absolute Gasteiger partial charge is 0.493 e. The third-order valence-corrected chi connectivity index (χ3v) is 4.27. The maximum absolute atomic E-state index is 5.79. The predicted molar refractivity (Wildman–Crippen MR) is 86.7 cm³/mol. The van der Waals surface area contributed by atoms with Crippen LogP contribution in [0.5, 0.6) is 5.75 Å². The van der Waals surface area contributed by atoms with Crippen molar-refractivity contribution in [3.63, 3.8) is 0 Å². The molecule has 0 bridgehead atoms. The first-order valence-corrected chi connectivity index (χ1v) is 8.20. The molecular weight excluding hydrogens is 266 g/mol. The highest BCUT2D eigenvalue weighted by molar-refractivity contribution is 7.09. The third kappa shape index (κ3) is 4.36. The van der Waals surface area contributed by atoms with E-state index in [1.165, 1.54) is 10.4 Å². The van der Waals surface area contributed by atoms with Crippen LogP contribution in [0, 0.1) is 0 Å². The van der Waals surface area contributed by atoms with Gasteiger partial charge in [-0.2, -0.15) is 0 Å². The third-order valence-electron chi connectivity index (χ3n) is 3.34. The van der Waals surface area contributed by atoms with E-state index in [1.807, 2.05) is 0 Å². The Morgan fingerprint density at radius 1 is 1.15 bits per heavy atom. The Morgan fingerprint density at radius 2 is 1.95 bits per heavy atom. The molecule has 1 N–H and O–H groups in total. The molecular formula is C17H23NOS. The first-order valence-electron chi connectivity index (χ1n) is 7.32. The molecule has 1 unspecified atom stereocenters. The van der Waals surface area contributed by atoms with E-state index in [1.54, 1.807) is 11.3 Å². The summed E-state index contributed by atoms with van der Waals surface area (Å²) in [4.78, 5) is 1.37. The zero-order valence-electron chi connectivity index (χ0n) is 12.3. The van der Waals surface area contributed by atoms with E-state index < -0.39 is 0 Å². The van der Waals surface area contributed by atoms with Gasteiger partial charge in [0.25, 0.3) is 0 Å². The molecule has 1 aromatic heterocycles. The van der Waals surface area contributed by atoms with Crippen LogP contribution in [0.1, 0.15) is 36.8 Å². The highest BCUT2D eigenvalue weighted by atomic mass is 32.1. The molecule has 0 spiro atoms. The Bertz CT molecular complexity index is 478. The van der Waals surface area contributed by atoms with E-state index in [0.717, 1.165) is 31.7 Å². The van der Waals surface area contributed by atoms with Crippen LogP contribution in [-0.4, -0.2) is 13.2 Å². The zero-order valence-corrected chi connectivity index (χ0v) is 13.1. The summed E-state index contributed by atoms with van der Waals surface area (Å²) < 4.78 is 5.79. The summed E-state index contributed by atoms with van der Waals surface area (Å²) in [6.07, 6.45) is 2.08. The molecule has 0 aliphatic carbocycles. The maximum Gasteiger partial charge on any atom is 0.119 e. The van der Waals surface area contributed by atoms with Crippen molar-refractivity contribution in [2.45, 2.75) is 32.7 Å². The minimum Gasteiger partial charge on any atom is -0.493 e. The lowest BCUT2D eigenvalue weighted by atomic mass is 10.0.